The fourth-order valence-electron chi connectivity index (χ4n) is 2.41. The number of hydrogen-bond donors (Lipinski definition) is 1. The van der Waals surface area contributed by atoms with Crippen LogP contribution in [0.5, 0.6) is 0 Å². The van der Waals surface area contributed by atoms with Crippen molar-refractivity contribution < 1.29 is 0 Å². The van der Waals surface area contributed by atoms with Crippen LogP contribution in [-0.2, 0) is 6.42 Å². The molecule has 92 valence electrons. The molecule has 2 aromatic carbocycles. The van der Waals surface area contributed by atoms with E-state index < -0.39 is 0 Å². The first-order valence-corrected chi connectivity index (χ1v) is 7.18. The number of anilines is 1. The molecule has 18 heavy (non-hydrogen) atoms. The predicted octanol–water partition coefficient (Wildman–Crippen LogP) is 4.85. The van der Waals surface area contributed by atoms with Crippen LogP contribution in [0.4, 0.5) is 5.69 Å². The Bertz CT molecular complexity index is 582. The molecular weight excluding hydrogens is 310 g/mol. The predicted molar refractivity (Wildman–Crippen MR) is 80.5 cm³/mol. The average molecular weight is 323 g/mol. The first kappa shape index (κ1) is 12.1. The summed E-state index contributed by atoms with van der Waals surface area (Å²) < 4.78 is 1.01. The molecule has 0 amide bonds. The Hall–Kier alpha value is -0.990. The molecule has 1 aliphatic rings. The number of rotatable bonds is 3. The van der Waals surface area contributed by atoms with Crippen LogP contribution < -0.4 is 5.32 Å². The Morgan fingerprint density at radius 3 is 2.83 bits per heavy atom. The zero-order chi connectivity index (χ0) is 12.5. The van der Waals surface area contributed by atoms with E-state index in [1.54, 1.807) is 0 Å². The van der Waals surface area contributed by atoms with E-state index in [1.165, 1.54) is 11.1 Å². The van der Waals surface area contributed by atoms with E-state index in [9.17, 15) is 0 Å². The Labute approximate surface area is 120 Å². The summed E-state index contributed by atoms with van der Waals surface area (Å²) in [6.07, 6.45) is 1.16. The molecule has 0 aromatic heterocycles. The minimum atomic E-state index is 0.612. The molecule has 1 atom stereocenters. The molecule has 3 rings (SSSR count). The third kappa shape index (κ3) is 2.27. The van der Waals surface area contributed by atoms with E-state index in [4.69, 9.17) is 11.6 Å². The van der Waals surface area contributed by atoms with Gasteiger partial charge in [0.25, 0.3) is 0 Å². The van der Waals surface area contributed by atoms with Crippen LogP contribution >= 0.6 is 27.5 Å². The van der Waals surface area contributed by atoms with Gasteiger partial charge in [-0.15, -0.1) is 0 Å². The highest BCUT2D eigenvalue weighted by molar-refractivity contribution is 9.10. The lowest BCUT2D eigenvalue weighted by molar-refractivity contribution is 0.636. The second kappa shape index (κ2) is 4.94. The molecule has 0 radical (unpaired) electrons. The van der Waals surface area contributed by atoms with Crippen molar-refractivity contribution in [3.63, 3.8) is 0 Å². The van der Waals surface area contributed by atoms with Gasteiger partial charge in [-0.2, -0.15) is 0 Å². The normalized spacial score (nSPS) is 16.9. The first-order chi connectivity index (χ1) is 8.74. The monoisotopic (exact) mass is 321 g/mol. The molecule has 0 fully saturated rings. The highest BCUT2D eigenvalue weighted by atomic mass is 79.9. The summed E-state index contributed by atoms with van der Waals surface area (Å²) in [4.78, 5) is 0. The summed E-state index contributed by atoms with van der Waals surface area (Å²) in [5.74, 6) is 0.612. The van der Waals surface area contributed by atoms with E-state index in [2.05, 4.69) is 45.5 Å². The highest BCUT2D eigenvalue weighted by Crippen LogP contribution is 2.35. The van der Waals surface area contributed by atoms with Crippen molar-refractivity contribution in [3.8, 4) is 0 Å². The van der Waals surface area contributed by atoms with Crippen molar-refractivity contribution in [2.75, 3.05) is 11.9 Å². The van der Waals surface area contributed by atoms with Gasteiger partial charge in [0.1, 0.15) is 0 Å². The summed E-state index contributed by atoms with van der Waals surface area (Å²) in [7, 11) is 0. The summed E-state index contributed by atoms with van der Waals surface area (Å²) in [5, 5.41) is 4.19. The second-order valence-corrected chi connectivity index (χ2v) is 5.93. The van der Waals surface area contributed by atoms with Crippen LogP contribution in [0, 0.1) is 0 Å². The van der Waals surface area contributed by atoms with Crippen molar-refractivity contribution in [1.82, 2.24) is 0 Å². The number of hydrogen-bond acceptors (Lipinski definition) is 1. The average Bonchev–Trinajstić information content (AvgIpc) is 2.33. The number of nitrogens with one attached hydrogen (secondary N) is 1. The summed E-state index contributed by atoms with van der Waals surface area (Å²) >= 11 is 9.59. The Morgan fingerprint density at radius 1 is 1.22 bits per heavy atom. The van der Waals surface area contributed by atoms with E-state index >= 15 is 0 Å². The lowest BCUT2D eigenvalue weighted by Crippen LogP contribution is -2.24. The van der Waals surface area contributed by atoms with Crippen LogP contribution in [0.3, 0.4) is 0 Å². The van der Waals surface area contributed by atoms with Crippen molar-refractivity contribution in [3.05, 3.63) is 63.1 Å². The third-order valence-electron chi connectivity index (χ3n) is 3.43. The molecule has 0 saturated carbocycles. The largest absolute Gasteiger partial charge is 0.383 e. The topological polar surface area (TPSA) is 12.0 Å². The fraction of sp³-hybridized carbons (Fsp3) is 0.200. The zero-order valence-electron chi connectivity index (χ0n) is 9.79. The molecular formula is C15H13BrClN. The third-order valence-corrected chi connectivity index (χ3v) is 4.24. The SMILES string of the molecule is Clc1cc(Br)ccc1NCC1Cc2ccccc21. The van der Waals surface area contributed by atoms with Gasteiger partial charge in [-0.1, -0.05) is 51.8 Å². The number of halogens is 2. The first-order valence-electron chi connectivity index (χ1n) is 6.01. The van der Waals surface area contributed by atoms with Crippen LogP contribution in [0.25, 0.3) is 0 Å². The molecule has 1 unspecified atom stereocenters. The molecule has 1 aliphatic carbocycles. The minimum Gasteiger partial charge on any atom is -0.383 e. The van der Waals surface area contributed by atoms with Crippen molar-refractivity contribution in [2.45, 2.75) is 12.3 Å². The fourth-order valence-corrected chi connectivity index (χ4v) is 3.15. The molecule has 0 heterocycles. The van der Waals surface area contributed by atoms with Crippen molar-refractivity contribution in [2.24, 2.45) is 0 Å². The maximum Gasteiger partial charge on any atom is 0.0648 e. The maximum absolute atomic E-state index is 6.18. The number of fused-ring (bicyclic) bond motifs is 1. The smallest absolute Gasteiger partial charge is 0.0648 e. The van der Waals surface area contributed by atoms with Gasteiger partial charge in [-0.05, 0) is 35.7 Å². The molecule has 1 nitrogen and oxygen atoms in total. The van der Waals surface area contributed by atoms with E-state index in [1.807, 2.05) is 18.2 Å². The van der Waals surface area contributed by atoms with Crippen LogP contribution in [-0.4, -0.2) is 6.54 Å². The van der Waals surface area contributed by atoms with Gasteiger partial charge in [0.2, 0.25) is 0 Å². The van der Waals surface area contributed by atoms with Gasteiger partial charge in [0.05, 0.1) is 10.7 Å². The lowest BCUT2D eigenvalue weighted by atomic mass is 9.77. The zero-order valence-corrected chi connectivity index (χ0v) is 12.1. The summed E-state index contributed by atoms with van der Waals surface area (Å²) in [5.41, 5.74) is 3.95. The van der Waals surface area contributed by atoms with E-state index in [0.717, 1.165) is 28.1 Å². The van der Waals surface area contributed by atoms with Gasteiger partial charge in [-0.25, -0.2) is 0 Å². The standard InChI is InChI=1S/C15H13BrClN/c16-12-5-6-15(14(17)8-12)18-9-11-7-10-3-1-2-4-13(10)11/h1-6,8,11,18H,7,9H2. The molecule has 1 N–H and O–H groups in total. The van der Waals surface area contributed by atoms with Crippen molar-refractivity contribution in [1.29, 1.82) is 0 Å². The maximum atomic E-state index is 6.18. The minimum absolute atomic E-state index is 0.612. The van der Waals surface area contributed by atoms with Crippen LogP contribution in [0.15, 0.2) is 46.9 Å². The molecule has 3 heteroatoms. The van der Waals surface area contributed by atoms with Crippen LogP contribution in [0.1, 0.15) is 17.0 Å². The van der Waals surface area contributed by atoms with Gasteiger partial charge in [0, 0.05) is 16.9 Å². The molecule has 2 aromatic rings. The van der Waals surface area contributed by atoms with E-state index in [0.29, 0.717) is 5.92 Å². The Morgan fingerprint density at radius 2 is 2.06 bits per heavy atom. The molecule has 0 saturated heterocycles. The van der Waals surface area contributed by atoms with Gasteiger partial charge in [-0.3, -0.25) is 0 Å². The Kier molecular flexibility index (Phi) is 3.31. The van der Waals surface area contributed by atoms with Crippen molar-refractivity contribution >= 4 is 33.2 Å². The van der Waals surface area contributed by atoms with Gasteiger partial charge >= 0.3 is 0 Å². The van der Waals surface area contributed by atoms with Gasteiger partial charge in [0.15, 0.2) is 0 Å². The van der Waals surface area contributed by atoms with Gasteiger partial charge < -0.3 is 5.32 Å². The molecule has 0 bridgehead atoms. The summed E-state index contributed by atoms with van der Waals surface area (Å²) in [6, 6.07) is 14.6. The number of benzene rings is 2. The lowest BCUT2D eigenvalue weighted by Gasteiger charge is -2.30. The Balaban J connectivity index is 1.66. The molecule has 0 spiro atoms. The summed E-state index contributed by atoms with van der Waals surface area (Å²) in [6.45, 7) is 0.943. The van der Waals surface area contributed by atoms with E-state index in [-0.39, 0.29) is 0 Å². The quantitative estimate of drug-likeness (QED) is 0.851. The van der Waals surface area contributed by atoms with Crippen LogP contribution in [0.2, 0.25) is 5.02 Å². The molecule has 0 aliphatic heterocycles. The highest BCUT2D eigenvalue weighted by Gasteiger charge is 2.24. The second-order valence-electron chi connectivity index (χ2n) is 4.60.